The lowest BCUT2D eigenvalue weighted by Crippen LogP contribution is -2.39. The van der Waals surface area contributed by atoms with Gasteiger partial charge in [0.25, 0.3) is 0 Å². The molecule has 1 fully saturated rings. The number of nitrogens with one attached hydrogen (secondary N) is 1. The van der Waals surface area contributed by atoms with E-state index >= 15 is 0 Å². The van der Waals surface area contributed by atoms with Gasteiger partial charge < -0.3 is 10.4 Å². The Morgan fingerprint density at radius 1 is 1.41 bits per heavy atom. The van der Waals surface area contributed by atoms with Gasteiger partial charge in [0.15, 0.2) is 0 Å². The van der Waals surface area contributed by atoms with E-state index in [0.717, 1.165) is 45.2 Å². The zero-order chi connectivity index (χ0) is 11.3. The molecule has 17 heavy (non-hydrogen) atoms. The molecule has 1 atom stereocenters. The highest BCUT2D eigenvalue weighted by Crippen LogP contribution is 2.42. The summed E-state index contributed by atoms with van der Waals surface area (Å²) in [6, 6.07) is 0. The van der Waals surface area contributed by atoms with Gasteiger partial charge in [-0.3, -0.25) is 4.79 Å². The average Bonchev–Trinajstić information content (AvgIpc) is 2.27. The first-order chi connectivity index (χ1) is 7.11. The Labute approximate surface area is 117 Å². The summed E-state index contributed by atoms with van der Waals surface area (Å²) in [5, 5.41) is 12.2. The Bertz CT molecular complexity index is 226. The number of carbonyl (C=O) groups is 1. The van der Waals surface area contributed by atoms with Crippen LogP contribution in [-0.4, -0.2) is 32.0 Å². The zero-order valence-electron chi connectivity index (χ0n) is 10.7. The number of halogens is 2. The van der Waals surface area contributed by atoms with Crippen LogP contribution in [0.3, 0.4) is 0 Å². The molecule has 1 aliphatic heterocycles. The van der Waals surface area contributed by atoms with Crippen LogP contribution in [0.5, 0.6) is 0 Å². The predicted octanol–water partition coefficient (Wildman–Crippen LogP) is 1.90. The van der Waals surface area contributed by atoms with Crippen LogP contribution < -0.4 is 5.32 Å². The van der Waals surface area contributed by atoms with Gasteiger partial charge in [0.1, 0.15) is 7.85 Å². The Hall–Kier alpha value is 0.0749. The third-order valence-electron chi connectivity index (χ3n) is 3.78. The molecular weight excluding hydrogens is 260 g/mol. The second-order valence-electron chi connectivity index (χ2n) is 4.85. The maximum Gasteiger partial charge on any atom is 0.301 e. The summed E-state index contributed by atoms with van der Waals surface area (Å²) in [4.78, 5) is 11.4. The minimum absolute atomic E-state index is 0. The van der Waals surface area contributed by atoms with Crippen LogP contribution in [0.4, 0.5) is 0 Å². The number of unbranched alkanes of at least 4 members (excludes halogenated alkanes) is 1. The predicted molar refractivity (Wildman–Crippen MR) is 78.5 cm³/mol. The van der Waals surface area contributed by atoms with Crippen molar-refractivity contribution in [1.82, 2.24) is 5.32 Å². The van der Waals surface area contributed by atoms with Crippen LogP contribution in [0.25, 0.3) is 0 Å². The number of hydrogen-bond donors (Lipinski definition) is 2. The zero-order valence-corrected chi connectivity index (χ0v) is 12.3. The molecule has 2 N–H and O–H groups in total. The van der Waals surface area contributed by atoms with Crippen molar-refractivity contribution < 1.29 is 9.90 Å². The van der Waals surface area contributed by atoms with Crippen LogP contribution >= 0.6 is 24.8 Å². The number of hydrogen-bond acceptors (Lipinski definition) is 2. The van der Waals surface area contributed by atoms with Crippen LogP contribution in [-0.2, 0) is 4.79 Å². The van der Waals surface area contributed by atoms with Gasteiger partial charge in [-0.25, -0.2) is 0 Å². The first-order valence-corrected chi connectivity index (χ1v) is 6.05. The van der Waals surface area contributed by atoms with Crippen LogP contribution in [0, 0.1) is 5.92 Å². The summed E-state index contributed by atoms with van der Waals surface area (Å²) in [7, 11) is 1.93. The van der Waals surface area contributed by atoms with E-state index in [2.05, 4.69) is 12.2 Å². The molecule has 6 heteroatoms. The van der Waals surface area contributed by atoms with E-state index in [1.165, 1.54) is 0 Å². The Morgan fingerprint density at radius 2 is 1.94 bits per heavy atom. The van der Waals surface area contributed by atoms with Gasteiger partial charge in [0.05, 0.1) is 0 Å². The molecule has 0 aliphatic carbocycles. The van der Waals surface area contributed by atoms with Crippen LogP contribution in [0.1, 0.15) is 39.0 Å². The minimum Gasteiger partial charge on any atom is -0.481 e. The Kier molecular flexibility index (Phi) is 10.4. The highest BCUT2D eigenvalue weighted by atomic mass is 35.5. The second kappa shape index (κ2) is 9.06. The van der Waals surface area contributed by atoms with E-state index in [9.17, 15) is 9.90 Å². The normalized spacial score (nSPS) is 19.6. The topological polar surface area (TPSA) is 49.3 Å². The molecule has 0 spiro atoms. The molecule has 1 aliphatic rings. The average molecular weight is 284 g/mol. The molecule has 0 aromatic carbocycles. The molecule has 0 aromatic heterocycles. The molecule has 1 unspecified atom stereocenters. The summed E-state index contributed by atoms with van der Waals surface area (Å²) >= 11 is 0. The van der Waals surface area contributed by atoms with E-state index in [1.807, 2.05) is 7.85 Å². The highest BCUT2D eigenvalue weighted by molar-refractivity contribution is 6.26. The van der Waals surface area contributed by atoms with Gasteiger partial charge in [0, 0.05) is 5.31 Å². The van der Waals surface area contributed by atoms with Crippen molar-refractivity contribution in [3.05, 3.63) is 0 Å². The van der Waals surface area contributed by atoms with Crippen molar-refractivity contribution in [1.29, 1.82) is 0 Å². The van der Waals surface area contributed by atoms with E-state index in [1.54, 1.807) is 0 Å². The van der Waals surface area contributed by atoms with Crippen molar-refractivity contribution in [2.75, 3.05) is 13.1 Å². The summed E-state index contributed by atoms with van der Waals surface area (Å²) in [5.41, 5.74) is 0. The number of carboxylic acids is 1. The SMILES string of the molecule is BC(CCCC)(C(=O)O)C1CCNCC1.Cl.Cl. The fourth-order valence-corrected chi connectivity index (χ4v) is 2.49. The van der Waals surface area contributed by atoms with Crippen molar-refractivity contribution in [2.24, 2.45) is 5.92 Å². The third-order valence-corrected chi connectivity index (χ3v) is 3.78. The van der Waals surface area contributed by atoms with E-state index in [0.29, 0.717) is 5.92 Å². The molecular formula is C11H24BCl2NO2. The molecule has 0 saturated carbocycles. The van der Waals surface area contributed by atoms with Crippen molar-refractivity contribution >= 4 is 38.6 Å². The van der Waals surface area contributed by atoms with Gasteiger partial charge in [-0.1, -0.05) is 19.8 Å². The van der Waals surface area contributed by atoms with Crippen molar-refractivity contribution in [3.8, 4) is 0 Å². The lowest BCUT2D eigenvalue weighted by molar-refractivity contribution is -0.143. The van der Waals surface area contributed by atoms with Crippen LogP contribution in [0.2, 0.25) is 5.31 Å². The quantitative estimate of drug-likeness (QED) is 0.758. The summed E-state index contributed by atoms with van der Waals surface area (Å²) < 4.78 is 0. The maximum absolute atomic E-state index is 11.4. The highest BCUT2D eigenvalue weighted by Gasteiger charge is 2.40. The molecule has 0 amide bonds. The van der Waals surface area contributed by atoms with Gasteiger partial charge >= 0.3 is 5.97 Å². The maximum atomic E-state index is 11.4. The first kappa shape index (κ1) is 19.4. The molecule has 0 aromatic rings. The second-order valence-corrected chi connectivity index (χ2v) is 4.85. The fourth-order valence-electron chi connectivity index (χ4n) is 2.49. The van der Waals surface area contributed by atoms with Gasteiger partial charge in [-0.2, -0.15) is 0 Å². The number of piperidine rings is 1. The van der Waals surface area contributed by atoms with E-state index < -0.39 is 11.3 Å². The minimum atomic E-state index is -0.608. The molecule has 1 heterocycles. The largest absolute Gasteiger partial charge is 0.481 e. The molecule has 102 valence electrons. The standard InChI is InChI=1S/C11H22BNO2.2ClH/c1-2-3-6-11(12,10(14)15)9-4-7-13-8-5-9;;/h9,13H,2-8,12H2,1H3,(H,14,15);2*1H. The van der Waals surface area contributed by atoms with Gasteiger partial charge in [-0.05, 0) is 38.3 Å². The summed E-state index contributed by atoms with van der Waals surface area (Å²) in [6.07, 6.45) is 4.93. The third kappa shape index (κ3) is 5.06. The fraction of sp³-hybridized carbons (Fsp3) is 0.909. The molecule has 0 radical (unpaired) electrons. The van der Waals surface area contributed by atoms with E-state index in [4.69, 9.17) is 0 Å². The summed E-state index contributed by atoms with van der Waals surface area (Å²) in [6.45, 7) is 4.06. The molecule has 1 saturated heterocycles. The van der Waals surface area contributed by atoms with Crippen molar-refractivity contribution in [2.45, 2.75) is 44.3 Å². The summed E-state index contributed by atoms with van der Waals surface area (Å²) in [5.74, 6) is -0.259. The smallest absolute Gasteiger partial charge is 0.301 e. The molecule has 1 rings (SSSR count). The Morgan fingerprint density at radius 3 is 2.35 bits per heavy atom. The monoisotopic (exact) mass is 283 g/mol. The van der Waals surface area contributed by atoms with Gasteiger partial charge in [-0.15, -0.1) is 24.8 Å². The lowest BCUT2D eigenvalue weighted by atomic mass is 9.56. The molecule has 3 nitrogen and oxygen atoms in total. The van der Waals surface area contributed by atoms with Crippen molar-refractivity contribution in [3.63, 3.8) is 0 Å². The lowest BCUT2D eigenvalue weighted by Gasteiger charge is -2.37. The molecule has 0 bridgehead atoms. The number of rotatable bonds is 5. The first-order valence-electron chi connectivity index (χ1n) is 6.05. The van der Waals surface area contributed by atoms with Crippen LogP contribution in [0.15, 0.2) is 0 Å². The number of aliphatic carboxylic acids is 1. The van der Waals surface area contributed by atoms with E-state index in [-0.39, 0.29) is 24.8 Å². The number of carboxylic acid groups (broad SMARTS) is 1. The van der Waals surface area contributed by atoms with Gasteiger partial charge in [0.2, 0.25) is 0 Å². The Balaban J connectivity index is 0.